The number of hydrogen-bond donors (Lipinski definition) is 1. The highest BCUT2D eigenvalue weighted by Crippen LogP contribution is 2.35. The molecule has 0 aliphatic carbocycles. The van der Waals surface area contributed by atoms with E-state index in [9.17, 15) is 22.8 Å². The molecule has 1 N–H and O–H groups in total. The molecule has 1 aromatic carbocycles. The Kier molecular flexibility index (Phi) is 4.70. The molecule has 1 aromatic heterocycles. The average molecular weight is 390 g/mol. The number of halogens is 4. The summed E-state index contributed by atoms with van der Waals surface area (Å²) in [5, 5.41) is 2.72. The number of benzene rings is 1. The van der Waals surface area contributed by atoms with Crippen LogP contribution in [0.25, 0.3) is 0 Å². The van der Waals surface area contributed by atoms with Crippen molar-refractivity contribution in [2.24, 2.45) is 5.92 Å². The van der Waals surface area contributed by atoms with Gasteiger partial charge in [0.05, 0.1) is 12.1 Å². The van der Waals surface area contributed by atoms with E-state index in [2.05, 4.69) is 10.3 Å². The van der Waals surface area contributed by atoms with Gasteiger partial charge < -0.3 is 10.2 Å². The van der Waals surface area contributed by atoms with Gasteiger partial charge in [-0.25, -0.2) is 4.98 Å². The van der Waals surface area contributed by atoms with E-state index in [-0.39, 0.29) is 24.0 Å². The molecule has 0 radical (unpaired) electrons. The number of amides is 2. The van der Waals surface area contributed by atoms with E-state index in [1.807, 2.05) is 0 Å². The Hall–Kier alpha value is -2.13. The van der Waals surface area contributed by atoms with Gasteiger partial charge in [0.15, 0.2) is 5.13 Å². The van der Waals surface area contributed by atoms with Crippen LogP contribution in [-0.2, 0) is 15.8 Å². The van der Waals surface area contributed by atoms with E-state index in [0.29, 0.717) is 28.2 Å². The number of nitrogens with zero attached hydrogens (tertiary/aromatic N) is 2. The minimum Gasteiger partial charge on any atom is -0.312 e. The van der Waals surface area contributed by atoms with Crippen molar-refractivity contribution in [2.75, 3.05) is 16.8 Å². The summed E-state index contributed by atoms with van der Waals surface area (Å²) in [6.45, 7) is 0.143. The summed E-state index contributed by atoms with van der Waals surface area (Å²) in [6, 6.07) is 6.59. The first-order chi connectivity index (χ1) is 11.7. The zero-order valence-electron chi connectivity index (χ0n) is 12.5. The maximum atomic E-state index is 12.6. The number of thiazole rings is 1. The molecule has 0 spiro atoms. The highest BCUT2D eigenvalue weighted by atomic mass is 35.5. The first kappa shape index (κ1) is 17.7. The van der Waals surface area contributed by atoms with Crippen molar-refractivity contribution in [3.8, 4) is 0 Å². The van der Waals surface area contributed by atoms with Crippen LogP contribution in [0, 0.1) is 5.92 Å². The van der Waals surface area contributed by atoms with Crippen LogP contribution in [0.4, 0.5) is 24.0 Å². The third-order valence-corrected chi connectivity index (χ3v) is 4.86. The van der Waals surface area contributed by atoms with Crippen molar-refractivity contribution in [2.45, 2.75) is 12.6 Å². The van der Waals surface area contributed by atoms with Crippen LogP contribution in [0.1, 0.15) is 11.3 Å². The Labute approximate surface area is 149 Å². The normalized spacial score (nSPS) is 17.8. The SMILES string of the molecule is O=C(Nc1ncc(C(F)(F)F)s1)C1CC(=O)N(c2ccc(Cl)cc2)C1. The molecule has 3 rings (SSSR count). The smallest absolute Gasteiger partial charge is 0.312 e. The van der Waals surface area contributed by atoms with Crippen LogP contribution in [0.15, 0.2) is 30.5 Å². The second-order valence-corrected chi connectivity index (χ2v) is 6.87. The molecule has 1 aliphatic rings. The summed E-state index contributed by atoms with van der Waals surface area (Å²) in [5.74, 6) is -1.44. The number of alkyl halides is 3. The first-order valence-electron chi connectivity index (χ1n) is 7.14. The molecule has 25 heavy (non-hydrogen) atoms. The summed E-state index contributed by atoms with van der Waals surface area (Å²) in [6.07, 6.45) is -3.86. The van der Waals surface area contributed by atoms with Crippen LogP contribution in [0.5, 0.6) is 0 Å². The lowest BCUT2D eigenvalue weighted by Gasteiger charge is -2.16. The Morgan fingerprint density at radius 3 is 2.60 bits per heavy atom. The molecule has 2 amide bonds. The van der Waals surface area contributed by atoms with Crippen LogP contribution in [0.3, 0.4) is 0 Å². The van der Waals surface area contributed by atoms with Gasteiger partial charge in [-0.15, -0.1) is 0 Å². The second-order valence-electron chi connectivity index (χ2n) is 5.40. The maximum Gasteiger partial charge on any atom is 0.427 e. The Morgan fingerprint density at radius 1 is 1.32 bits per heavy atom. The second kappa shape index (κ2) is 6.64. The van der Waals surface area contributed by atoms with Crippen LogP contribution >= 0.6 is 22.9 Å². The van der Waals surface area contributed by atoms with Crippen molar-refractivity contribution >= 4 is 45.6 Å². The number of rotatable bonds is 3. The third kappa shape index (κ3) is 3.93. The monoisotopic (exact) mass is 389 g/mol. The van der Waals surface area contributed by atoms with Gasteiger partial charge in [0.1, 0.15) is 4.88 Å². The van der Waals surface area contributed by atoms with Crippen molar-refractivity contribution < 1.29 is 22.8 Å². The number of carbonyl (C=O) groups is 2. The Morgan fingerprint density at radius 2 is 2.00 bits per heavy atom. The lowest BCUT2D eigenvalue weighted by molar-refractivity contribution is -0.134. The minimum atomic E-state index is -4.50. The molecule has 5 nitrogen and oxygen atoms in total. The predicted molar refractivity (Wildman–Crippen MR) is 87.7 cm³/mol. The van der Waals surface area contributed by atoms with Gasteiger partial charge in [0, 0.05) is 23.7 Å². The van der Waals surface area contributed by atoms with E-state index in [1.54, 1.807) is 24.3 Å². The quantitative estimate of drug-likeness (QED) is 0.868. The zero-order chi connectivity index (χ0) is 18.2. The molecule has 1 saturated heterocycles. The molecule has 1 aliphatic heterocycles. The first-order valence-corrected chi connectivity index (χ1v) is 8.33. The average Bonchev–Trinajstić information content (AvgIpc) is 3.15. The molecular weight excluding hydrogens is 379 g/mol. The molecule has 132 valence electrons. The van der Waals surface area contributed by atoms with E-state index >= 15 is 0 Å². The highest BCUT2D eigenvalue weighted by Gasteiger charge is 2.36. The molecule has 1 atom stereocenters. The lowest BCUT2D eigenvalue weighted by Crippen LogP contribution is -2.28. The van der Waals surface area contributed by atoms with E-state index < -0.39 is 22.9 Å². The van der Waals surface area contributed by atoms with Gasteiger partial charge in [-0.05, 0) is 24.3 Å². The van der Waals surface area contributed by atoms with Crippen LogP contribution in [-0.4, -0.2) is 23.3 Å². The number of nitrogens with one attached hydrogen (secondary N) is 1. The number of hydrogen-bond acceptors (Lipinski definition) is 4. The van der Waals surface area contributed by atoms with Crippen molar-refractivity contribution in [1.82, 2.24) is 4.98 Å². The zero-order valence-corrected chi connectivity index (χ0v) is 14.1. The summed E-state index contributed by atoms with van der Waals surface area (Å²) in [7, 11) is 0. The molecular formula is C15H11ClF3N3O2S. The van der Waals surface area contributed by atoms with Crippen molar-refractivity contribution in [1.29, 1.82) is 0 Å². The van der Waals surface area contributed by atoms with E-state index in [1.165, 1.54) is 4.90 Å². The molecule has 2 aromatic rings. The summed E-state index contributed by atoms with van der Waals surface area (Å²) in [4.78, 5) is 28.4. The van der Waals surface area contributed by atoms with E-state index in [0.717, 1.165) is 0 Å². The lowest BCUT2D eigenvalue weighted by atomic mass is 10.1. The fourth-order valence-electron chi connectivity index (χ4n) is 2.42. The summed E-state index contributed by atoms with van der Waals surface area (Å²) in [5.41, 5.74) is 0.610. The largest absolute Gasteiger partial charge is 0.427 e. The molecule has 1 unspecified atom stereocenters. The van der Waals surface area contributed by atoms with Gasteiger partial charge in [-0.3, -0.25) is 9.59 Å². The predicted octanol–water partition coefficient (Wildman–Crippen LogP) is 3.81. The van der Waals surface area contributed by atoms with Gasteiger partial charge in [0.2, 0.25) is 11.8 Å². The van der Waals surface area contributed by atoms with E-state index in [4.69, 9.17) is 11.6 Å². The maximum absolute atomic E-state index is 12.6. The number of anilines is 2. The minimum absolute atomic E-state index is 0.0219. The molecule has 10 heteroatoms. The van der Waals surface area contributed by atoms with Crippen molar-refractivity contribution in [3.05, 3.63) is 40.4 Å². The standard InChI is InChI=1S/C15H11ClF3N3O2S/c16-9-1-3-10(4-2-9)22-7-8(5-12(22)23)13(24)21-14-20-6-11(25-14)15(17,18)19/h1-4,6,8H,5,7H2,(H,20,21,24). The third-order valence-electron chi connectivity index (χ3n) is 3.65. The topological polar surface area (TPSA) is 62.3 Å². The van der Waals surface area contributed by atoms with Gasteiger partial charge in [-0.1, -0.05) is 22.9 Å². The van der Waals surface area contributed by atoms with Crippen LogP contribution in [0.2, 0.25) is 5.02 Å². The van der Waals surface area contributed by atoms with Gasteiger partial charge in [0.25, 0.3) is 0 Å². The summed E-state index contributed by atoms with van der Waals surface area (Å²) >= 11 is 6.15. The highest BCUT2D eigenvalue weighted by molar-refractivity contribution is 7.15. The molecule has 0 saturated carbocycles. The van der Waals surface area contributed by atoms with Gasteiger partial charge in [-0.2, -0.15) is 13.2 Å². The fraction of sp³-hybridized carbons (Fsp3) is 0.267. The molecule has 1 fully saturated rings. The molecule has 2 heterocycles. The summed E-state index contributed by atoms with van der Waals surface area (Å²) < 4.78 is 37.7. The van der Waals surface area contributed by atoms with Crippen molar-refractivity contribution in [3.63, 3.8) is 0 Å². The van der Waals surface area contributed by atoms with Crippen LogP contribution < -0.4 is 10.2 Å². The fourth-order valence-corrected chi connectivity index (χ4v) is 3.24. The molecule has 0 bridgehead atoms. The number of aromatic nitrogens is 1. The Balaban J connectivity index is 1.66. The Bertz CT molecular complexity index is 807. The van der Waals surface area contributed by atoms with Gasteiger partial charge >= 0.3 is 6.18 Å². The number of carbonyl (C=O) groups excluding carboxylic acids is 2.